The van der Waals surface area contributed by atoms with E-state index < -0.39 is 0 Å². The summed E-state index contributed by atoms with van der Waals surface area (Å²) < 4.78 is 2.09. The fourth-order valence-corrected chi connectivity index (χ4v) is 1.57. The van der Waals surface area contributed by atoms with Crippen molar-refractivity contribution < 1.29 is 4.79 Å². The molecule has 0 spiro atoms. The van der Waals surface area contributed by atoms with Crippen molar-refractivity contribution in [3.05, 3.63) is 24.0 Å². The maximum Gasteiger partial charge on any atom is 0.167 e. The minimum Gasteiger partial charge on any atom is -0.354 e. The van der Waals surface area contributed by atoms with Crippen LogP contribution in [0.1, 0.15) is 36.5 Å². The second-order valence-corrected chi connectivity index (χ2v) is 3.78. The van der Waals surface area contributed by atoms with Crippen LogP contribution in [-0.2, 0) is 6.54 Å². The monoisotopic (exact) mass is 177 g/mol. The third-order valence-corrected chi connectivity index (χ3v) is 2.46. The van der Waals surface area contributed by atoms with E-state index in [-0.39, 0.29) is 0 Å². The number of ketones is 1. The largest absolute Gasteiger partial charge is 0.354 e. The smallest absolute Gasteiger partial charge is 0.167 e. The van der Waals surface area contributed by atoms with Gasteiger partial charge in [0.2, 0.25) is 0 Å². The summed E-state index contributed by atoms with van der Waals surface area (Å²) in [7, 11) is 0. The summed E-state index contributed by atoms with van der Waals surface area (Å²) in [6, 6.07) is 1.94. The Labute approximate surface area is 78.6 Å². The zero-order valence-corrected chi connectivity index (χ0v) is 7.99. The summed E-state index contributed by atoms with van der Waals surface area (Å²) in [6.45, 7) is 3.15. The standard InChI is InChI=1S/C11H15NO/c1-2-6-12-7-5-10(8-12)11(13)9-3-4-9/h5,7-9H,2-4,6H2,1H3. The van der Waals surface area contributed by atoms with Crippen molar-refractivity contribution in [2.75, 3.05) is 0 Å². The molecule has 0 aliphatic heterocycles. The van der Waals surface area contributed by atoms with Gasteiger partial charge in [-0.05, 0) is 25.3 Å². The molecule has 1 aromatic rings. The first-order valence-corrected chi connectivity index (χ1v) is 5.01. The highest BCUT2D eigenvalue weighted by atomic mass is 16.1. The minimum absolute atomic E-state index is 0.342. The fourth-order valence-electron chi connectivity index (χ4n) is 1.57. The summed E-state index contributed by atoms with van der Waals surface area (Å²) >= 11 is 0. The Morgan fingerprint density at radius 1 is 1.62 bits per heavy atom. The predicted octanol–water partition coefficient (Wildman–Crippen LogP) is 2.49. The van der Waals surface area contributed by atoms with Gasteiger partial charge < -0.3 is 4.57 Å². The van der Waals surface area contributed by atoms with Crippen molar-refractivity contribution in [2.24, 2.45) is 5.92 Å². The number of Topliss-reactive ketones (excluding diaryl/α,β-unsaturated/α-hetero) is 1. The molecule has 1 saturated carbocycles. The summed E-state index contributed by atoms with van der Waals surface area (Å²) in [5.41, 5.74) is 0.899. The molecule has 0 aromatic carbocycles. The maximum atomic E-state index is 11.6. The van der Waals surface area contributed by atoms with E-state index in [1.54, 1.807) is 0 Å². The Hall–Kier alpha value is -1.05. The molecule has 1 heterocycles. The van der Waals surface area contributed by atoms with Gasteiger partial charge in [-0.15, -0.1) is 0 Å². The third-order valence-electron chi connectivity index (χ3n) is 2.46. The van der Waals surface area contributed by atoms with E-state index in [9.17, 15) is 4.79 Å². The van der Waals surface area contributed by atoms with E-state index in [1.807, 2.05) is 18.5 Å². The lowest BCUT2D eigenvalue weighted by molar-refractivity contribution is 0.0967. The van der Waals surface area contributed by atoms with Gasteiger partial charge >= 0.3 is 0 Å². The van der Waals surface area contributed by atoms with E-state index >= 15 is 0 Å². The molecule has 1 aliphatic rings. The third kappa shape index (κ3) is 1.82. The van der Waals surface area contributed by atoms with Crippen LogP contribution in [0.15, 0.2) is 18.5 Å². The van der Waals surface area contributed by atoms with Crippen LogP contribution in [0, 0.1) is 5.92 Å². The van der Waals surface area contributed by atoms with Crippen molar-refractivity contribution >= 4 is 5.78 Å². The molecule has 1 aromatic heterocycles. The molecule has 0 atom stereocenters. The topological polar surface area (TPSA) is 22.0 Å². The summed E-state index contributed by atoms with van der Waals surface area (Å²) in [4.78, 5) is 11.6. The van der Waals surface area contributed by atoms with Gasteiger partial charge in [0.05, 0.1) is 0 Å². The maximum absolute atomic E-state index is 11.6. The van der Waals surface area contributed by atoms with Crippen LogP contribution in [-0.4, -0.2) is 10.4 Å². The average molecular weight is 177 g/mol. The normalized spacial score (nSPS) is 16.1. The van der Waals surface area contributed by atoms with Gasteiger partial charge in [0.15, 0.2) is 5.78 Å². The first-order chi connectivity index (χ1) is 6.31. The van der Waals surface area contributed by atoms with Gasteiger partial charge in [-0.25, -0.2) is 0 Å². The number of hydrogen-bond donors (Lipinski definition) is 0. The van der Waals surface area contributed by atoms with Crippen LogP contribution in [0.5, 0.6) is 0 Å². The Kier molecular flexibility index (Phi) is 2.21. The Morgan fingerprint density at radius 2 is 2.38 bits per heavy atom. The van der Waals surface area contributed by atoms with Gasteiger partial charge in [0.1, 0.15) is 0 Å². The van der Waals surface area contributed by atoms with Gasteiger partial charge in [-0.2, -0.15) is 0 Å². The second-order valence-electron chi connectivity index (χ2n) is 3.78. The molecular weight excluding hydrogens is 162 g/mol. The fraction of sp³-hybridized carbons (Fsp3) is 0.545. The highest BCUT2D eigenvalue weighted by molar-refractivity contribution is 5.99. The highest BCUT2D eigenvalue weighted by Crippen LogP contribution is 2.32. The first kappa shape index (κ1) is 8.54. The lowest BCUT2D eigenvalue weighted by Crippen LogP contribution is -1.99. The van der Waals surface area contributed by atoms with Gasteiger partial charge in [-0.3, -0.25) is 4.79 Å². The zero-order valence-electron chi connectivity index (χ0n) is 7.99. The highest BCUT2D eigenvalue weighted by Gasteiger charge is 2.30. The SMILES string of the molecule is CCCn1ccc(C(=O)C2CC2)c1. The molecule has 0 radical (unpaired) electrons. The lowest BCUT2D eigenvalue weighted by Gasteiger charge is -1.97. The molecule has 70 valence electrons. The number of nitrogens with zero attached hydrogens (tertiary/aromatic N) is 1. The molecule has 2 heteroatoms. The van der Waals surface area contributed by atoms with Crippen LogP contribution in [0.3, 0.4) is 0 Å². The van der Waals surface area contributed by atoms with E-state index in [4.69, 9.17) is 0 Å². The number of aryl methyl sites for hydroxylation is 1. The quantitative estimate of drug-likeness (QED) is 0.648. The van der Waals surface area contributed by atoms with E-state index in [1.165, 1.54) is 0 Å². The second kappa shape index (κ2) is 3.36. The molecule has 2 nitrogen and oxygen atoms in total. The number of carbonyl (C=O) groups excluding carboxylic acids is 1. The van der Waals surface area contributed by atoms with Crippen LogP contribution in [0.2, 0.25) is 0 Å². The minimum atomic E-state index is 0.342. The molecule has 0 saturated heterocycles. The molecule has 0 N–H and O–H groups in total. The van der Waals surface area contributed by atoms with Gasteiger partial charge in [0.25, 0.3) is 0 Å². The number of hydrogen-bond acceptors (Lipinski definition) is 1. The van der Waals surface area contributed by atoms with Crippen molar-refractivity contribution in [2.45, 2.75) is 32.7 Å². The van der Waals surface area contributed by atoms with E-state index in [2.05, 4.69) is 11.5 Å². The molecule has 1 fully saturated rings. The summed E-state index contributed by atoms with van der Waals surface area (Å²) in [5, 5.41) is 0. The molecule has 0 bridgehead atoms. The summed E-state index contributed by atoms with van der Waals surface area (Å²) in [5.74, 6) is 0.687. The van der Waals surface area contributed by atoms with Crippen LogP contribution < -0.4 is 0 Å². The molecule has 13 heavy (non-hydrogen) atoms. The average Bonchev–Trinajstić information content (AvgIpc) is 2.87. The van der Waals surface area contributed by atoms with Crippen LogP contribution in [0.4, 0.5) is 0 Å². The molecular formula is C11H15NO. The Balaban J connectivity index is 2.07. The van der Waals surface area contributed by atoms with E-state index in [0.717, 1.165) is 31.4 Å². The molecule has 2 rings (SSSR count). The zero-order chi connectivity index (χ0) is 9.26. The van der Waals surface area contributed by atoms with Crippen LogP contribution in [0.25, 0.3) is 0 Å². The molecule has 1 aliphatic carbocycles. The van der Waals surface area contributed by atoms with E-state index in [0.29, 0.717) is 11.7 Å². The Bertz CT molecular complexity index is 310. The first-order valence-electron chi connectivity index (χ1n) is 5.01. The summed E-state index contributed by atoms with van der Waals surface area (Å²) in [6.07, 6.45) is 7.28. The van der Waals surface area contributed by atoms with Crippen molar-refractivity contribution in [1.29, 1.82) is 0 Å². The number of aromatic nitrogens is 1. The van der Waals surface area contributed by atoms with Gasteiger partial charge in [-0.1, -0.05) is 6.92 Å². The van der Waals surface area contributed by atoms with Gasteiger partial charge in [0, 0.05) is 30.4 Å². The number of rotatable bonds is 4. The van der Waals surface area contributed by atoms with Crippen molar-refractivity contribution in [3.8, 4) is 0 Å². The van der Waals surface area contributed by atoms with Crippen LogP contribution >= 0.6 is 0 Å². The van der Waals surface area contributed by atoms with Crippen molar-refractivity contribution in [1.82, 2.24) is 4.57 Å². The van der Waals surface area contributed by atoms with Crippen molar-refractivity contribution in [3.63, 3.8) is 0 Å². The Morgan fingerprint density at radius 3 is 3.00 bits per heavy atom. The lowest BCUT2D eigenvalue weighted by atomic mass is 10.1. The number of carbonyl (C=O) groups is 1. The molecule has 0 amide bonds. The molecule has 0 unspecified atom stereocenters. The predicted molar refractivity (Wildman–Crippen MR) is 51.8 cm³/mol.